The molecule has 2 rings (SSSR count). The van der Waals surface area contributed by atoms with Gasteiger partial charge in [-0.1, -0.05) is 206 Å². The summed E-state index contributed by atoms with van der Waals surface area (Å²) >= 11 is 0. The Kier molecular flexibility index (Phi) is 36.4. The summed E-state index contributed by atoms with van der Waals surface area (Å²) in [6.07, 6.45) is 27.2. The van der Waals surface area contributed by atoms with Crippen molar-refractivity contribution in [2.75, 3.05) is 19.8 Å². The topological polar surface area (TPSA) is 228 Å². The van der Waals surface area contributed by atoms with Gasteiger partial charge < -0.3 is 65.1 Å². The van der Waals surface area contributed by atoms with Crippen molar-refractivity contribution < 1.29 is 64.6 Å². The van der Waals surface area contributed by atoms with Gasteiger partial charge in [0, 0.05) is 6.42 Å². The Morgan fingerprint density at radius 2 is 0.939 bits per heavy atom. The zero-order valence-electron chi connectivity index (χ0n) is 41.5. The van der Waals surface area contributed by atoms with E-state index in [1.165, 1.54) is 167 Å². The Balaban J connectivity index is 1.55. The minimum Gasteiger partial charge on any atom is -0.394 e. The molecule has 0 aromatic carbocycles. The number of carbonyl (C=O) groups excluding carboxylic acids is 1. The van der Waals surface area contributed by atoms with Gasteiger partial charge in [0.1, 0.15) is 48.8 Å². The van der Waals surface area contributed by atoms with Crippen LogP contribution in [0.3, 0.4) is 0 Å². The zero-order chi connectivity index (χ0) is 48.2. The number of unbranched alkanes of at least 4 members (excludes halogenated alkanes) is 29. The van der Waals surface area contributed by atoms with Crippen LogP contribution in [0.4, 0.5) is 0 Å². The molecule has 0 spiro atoms. The van der Waals surface area contributed by atoms with E-state index in [0.717, 1.165) is 25.7 Å². The minimum absolute atomic E-state index is 0.258. The molecule has 66 heavy (non-hydrogen) atoms. The largest absolute Gasteiger partial charge is 0.394 e. The molecule has 1 amide bonds. The number of aliphatic hydroxyl groups excluding tert-OH is 8. The maximum Gasteiger partial charge on any atom is 0.220 e. The van der Waals surface area contributed by atoms with Gasteiger partial charge in [0.05, 0.1) is 32.0 Å². The second-order valence-corrected chi connectivity index (χ2v) is 19.4. The highest BCUT2D eigenvalue weighted by Gasteiger charge is 2.51. The van der Waals surface area contributed by atoms with Gasteiger partial charge in [-0.15, -0.1) is 0 Å². The molecular formula is C52H99NO13. The number of aliphatic hydroxyl groups is 8. The van der Waals surface area contributed by atoms with E-state index in [1.54, 1.807) is 6.08 Å². The fourth-order valence-electron chi connectivity index (χ4n) is 9.03. The van der Waals surface area contributed by atoms with Crippen molar-refractivity contribution in [2.24, 2.45) is 0 Å². The molecule has 2 fully saturated rings. The lowest BCUT2D eigenvalue weighted by molar-refractivity contribution is -0.359. The monoisotopic (exact) mass is 946 g/mol. The number of amides is 1. The molecule has 0 saturated carbocycles. The smallest absolute Gasteiger partial charge is 0.220 e. The molecule has 0 aromatic rings. The van der Waals surface area contributed by atoms with Crippen molar-refractivity contribution in [1.29, 1.82) is 0 Å². The lowest BCUT2D eigenvalue weighted by atomic mass is 9.97. The van der Waals surface area contributed by atoms with Crippen molar-refractivity contribution in [3.63, 3.8) is 0 Å². The number of hydrogen-bond donors (Lipinski definition) is 9. The van der Waals surface area contributed by atoms with Crippen LogP contribution in [0.5, 0.6) is 0 Å². The summed E-state index contributed by atoms with van der Waals surface area (Å²) in [5, 5.41) is 86.0. The van der Waals surface area contributed by atoms with Crippen molar-refractivity contribution in [3.05, 3.63) is 12.2 Å². The van der Waals surface area contributed by atoms with Gasteiger partial charge in [0.2, 0.25) is 5.91 Å². The molecule has 2 aliphatic heterocycles. The van der Waals surface area contributed by atoms with E-state index in [1.807, 2.05) is 13.0 Å². The summed E-state index contributed by atoms with van der Waals surface area (Å²) in [6.45, 7) is 2.54. The van der Waals surface area contributed by atoms with E-state index >= 15 is 0 Å². The van der Waals surface area contributed by atoms with E-state index in [2.05, 4.69) is 12.2 Å². The molecular weight excluding hydrogens is 847 g/mol. The van der Waals surface area contributed by atoms with Gasteiger partial charge in [-0.3, -0.25) is 4.79 Å². The summed E-state index contributed by atoms with van der Waals surface area (Å²) in [4.78, 5) is 12.7. The molecule has 0 bridgehead atoms. The highest BCUT2D eigenvalue weighted by molar-refractivity contribution is 5.76. The lowest BCUT2D eigenvalue weighted by Crippen LogP contribution is -2.65. The fourth-order valence-corrected chi connectivity index (χ4v) is 9.03. The Labute approximate surface area is 399 Å². The highest BCUT2D eigenvalue weighted by Crippen LogP contribution is 2.30. The van der Waals surface area contributed by atoms with Gasteiger partial charge in [0.25, 0.3) is 0 Å². The van der Waals surface area contributed by atoms with Gasteiger partial charge in [-0.25, -0.2) is 0 Å². The summed E-state index contributed by atoms with van der Waals surface area (Å²) in [7, 11) is 0. The van der Waals surface area contributed by atoms with Gasteiger partial charge in [0.15, 0.2) is 12.6 Å². The first kappa shape index (κ1) is 60.9. The van der Waals surface area contributed by atoms with E-state index < -0.39 is 86.8 Å². The minimum atomic E-state index is -1.78. The third-order valence-electron chi connectivity index (χ3n) is 13.5. The molecule has 0 aliphatic carbocycles. The maximum absolute atomic E-state index is 12.7. The van der Waals surface area contributed by atoms with E-state index in [9.17, 15) is 45.6 Å². The molecule has 12 atom stereocenters. The van der Waals surface area contributed by atoms with Gasteiger partial charge in [-0.2, -0.15) is 0 Å². The fraction of sp³-hybridized carbons (Fsp3) is 0.942. The Morgan fingerprint density at radius 3 is 1.38 bits per heavy atom. The van der Waals surface area contributed by atoms with Crippen LogP contribution in [0.1, 0.15) is 219 Å². The van der Waals surface area contributed by atoms with Gasteiger partial charge in [-0.05, 0) is 19.3 Å². The van der Waals surface area contributed by atoms with Crippen LogP contribution in [0.15, 0.2) is 12.2 Å². The van der Waals surface area contributed by atoms with Crippen LogP contribution in [-0.2, 0) is 23.7 Å². The highest BCUT2D eigenvalue weighted by atomic mass is 16.7. The van der Waals surface area contributed by atoms with Crippen molar-refractivity contribution >= 4 is 5.91 Å². The summed E-state index contributed by atoms with van der Waals surface area (Å²) in [5.41, 5.74) is 0. The predicted octanol–water partition coefficient (Wildman–Crippen LogP) is 7.55. The molecule has 2 aliphatic rings. The number of carbonyl (C=O) groups is 1. The number of hydrogen-bond acceptors (Lipinski definition) is 13. The molecule has 0 aromatic heterocycles. The van der Waals surface area contributed by atoms with Crippen molar-refractivity contribution in [1.82, 2.24) is 5.32 Å². The number of nitrogens with one attached hydrogen (secondary N) is 1. The average Bonchev–Trinajstić information content (AvgIpc) is 3.32. The normalized spacial score (nSPS) is 26.8. The van der Waals surface area contributed by atoms with Crippen LogP contribution in [0, 0.1) is 0 Å². The van der Waals surface area contributed by atoms with Crippen molar-refractivity contribution in [3.8, 4) is 0 Å². The maximum atomic E-state index is 12.7. The van der Waals surface area contributed by atoms with Gasteiger partial charge >= 0.3 is 0 Å². The quantitative estimate of drug-likeness (QED) is 0.0213. The third kappa shape index (κ3) is 26.1. The van der Waals surface area contributed by atoms with Crippen LogP contribution >= 0.6 is 0 Å². The first-order valence-corrected chi connectivity index (χ1v) is 26.9. The average molecular weight is 946 g/mol. The molecule has 9 N–H and O–H groups in total. The van der Waals surface area contributed by atoms with Crippen LogP contribution in [-0.4, -0.2) is 140 Å². The third-order valence-corrected chi connectivity index (χ3v) is 13.5. The molecule has 2 heterocycles. The van der Waals surface area contributed by atoms with Crippen molar-refractivity contribution in [2.45, 2.75) is 293 Å². The summed E-state index contributed by atoms with van der Waals surface area (Å²) in [6, 6.07) is -0.905. The number of rotatable bonds is 42. The standard InChI is InChI=1S/C52H99NO13/c1-3-5-7-8-9-10-11-12-13-14-15-16-17-18-19-20-21-22-23-24-25-26-27-28-29-30-31-32-33-34-35-41(56)40(53-44(57)36-6-4-2)39-63-51-49(62)47(60)50(43(38-55)65-51)66-52-48(61)46(59)45(58)42(37-54)64-52/h34-35,40-43,45-52,54-56,58-62H,3-33,36-39H2,1-2H3,(H,53,57)/b35-34+. The van der Waals surface area contributed by atoms with E-state index in [-0.39, 0.29) is 18.9 Å². The number of ether oxygens (including phenoxy) is 4. The lowest BCUT2D eigenvalue weighted by Gasteiger charge is -2.46. The second kappa shape index (κ2) is 39.5. The van der Waals surface area contributed by atoms with Crippen LogP contribution in [0.2, 0.25) is 0 Å². The number of allylic oxidation sites excluding steroid dienone is 1. The summed E-state index contributed by atoms with van der Waals surface area (Å²) < 4.78 is 22.5. The Bertz CT molecular complexity index is 1160. The van der Waals surface area contributed by atoms with E-state index in [0.29, 0.717) is 6.42 Å². The Hall–Kier alpha value is -1.27. The second-order valence-electron chi connectivity index (χ2n) is 19.4. The predicted molar refractivity (Wildman–Crippen MR) is 259 cm³/mol. The SMILES string of the molecule is CCCCCCCCCCCCCCCCCCCCCCCCCCCCCC/C=C/C(O)C(COC1OC(CO)C(OC2OC(CO)C(O)C(O)C2O)C(O)C1O)NC(=O)CCCC. The molecule has 12 unspecified atom stereocenters. The molecule has 2 saturated heterocycles. The Morgan fingerprint density at radius 1 is 0.530 bits per heavy atom. The van der Waals surface area contributed by atoms with E-state index in [4.69, 9.17) is 18.9 Å². The van der Waals surface area contributed by atoms with Crippen LogP contribution in [0.25, 0.3) is 0 Å². The van der Waals surface area contributed by atoms with Crippen LogP contribution < -0.4 is 5.32 Å². The molecule has 14 heteroatoms. The molecule has 390 valence electrons. The first-order valence-electron chi connectivity index (χ1n) is 26.9. The molecule has 14 nitrogen and oxygen atoms in total. The molecule has 0 radical (unpaired) electrons. The summed E-state index contributed by atoms with van der Waals surface area (Å²) in [5.74, 6) is -0.273. The zero-order valence-corrected chi connectivity index (χ0v) is 41.5. The first-order chi connectivity index (χ1) is 32.1.